The van der Waals surface area contributed by atoms with E-state index in [1.54, 1.807) is 0 Å². The molecule has 0 atom stereocenters. The molecule has 0 heterocycles. The summed E-state index contributed by atoms with van der Waals surface area (Å²) >= 11 is 0. The lowest BCUT2D eigenvalue weighted by Crippen LogP contribution is -2.51. The Labute approximate surface area is 118 Å². The zero-order valence-corrected chi connectivity index (χ0v) is 14.7. The fourth-order valence-electron chi connectivity index (χ4n) is 2.73. The zero-order chi connectivity index (χ0) is 15.2. The van der Waals surface area contributed by atoms with Gasteiger partial charge in [-0.25, -0.2) is 0 Å². The van der Waals surface area contributed by atoms with Gasteiger partial charge >= 0.3 is 16.2 Å². The van der Waals surface area contributed by atoms with Crippen molar-refractivity contribution < 1.29 is 23.2 Å². The van der Waals surface area contributed by atoms with Crippen LogP contribution in [-0.4, -0.2) is 37.7 Å². The molecular formula is C12H29O5PSi. The Morgan fingerprint density at radius 3 is 1.74 bits per heavy atom. The standard InChI is InChI=1S/C12H29O5PSi/c1-6-12(7-2,10-11-18(13,14)15)19(5,16-8-3)17-9-4/h6-11H2,1-5H3,(H2,13,14,15). The van der Waals surface area contributed by atoms with Crippen LogP contribution in [0.2, 0.25) is 11.6 Å². The van der Waals surface area contributed by atoms with E-state index in [1.165, 1.54) is 0 Å². The van der Waals surface area contributed by atoms with Crippen LogP contribution in [0.5, 0.6) is 0 Å². The minimum atomic E-state index is -3.98. The first kappa shape index (κ1) is 19.3. The lowest BCUT2D eigenvalue weighted by molar-refractivity contribution is 0.151. The van der Waals surface area contributed by atoms with Crippen LogP contribution in [0.15, 0.2) is 0 Å². The Morgan fingerprint density at radius 2 is 1.47 bits per heavy atom. The first-order valence-electron chi connectivity index (χ1n) is 7.02. The average Bonchev–Trinajstić information content (AvgIpc) is 2.30. The van der Waals surface area contributed by atoms with E-state index in [0.717, 1.165) is 12.8 Å². The van der Waals surface area contributed by atoms with E-state index in [-0.39, 0.29) is 11.2 Å². The third kappa shape index (κ3) is 5.29. The molecule has 0 amide bonds. The van der Waals surface area contributed by atoms with Gasteiger partial charge in [-0.2, -0.15) is 0 Å². The minimum absolute atomic E-state index is 0.0998. The molecular weight excluding hydrogens is 283 g/mol. The van der Waals surface area contributed by atoms with Crippen LogP contribution in [0.25, 0.3) is 0 Å². The number of rotatable bonds is 10. The van der Waals surface area contributed by atoms with Crippen LogP contribution >= 0.6 is 7.60 Å². The number of hydrogen-bond donors (Lipinski definition) is 2. The number of hydrogen-bond acceptors (Lipinski definition) is 3. The fourth-order valence-corrected chi connectivity index (χ4v) is 7.32. The second kappa shape index (κ2) is 7.91. The summed E-state index contributed by atoms with van der Waals surface area (Å²) in [5.74, 6) is 0. The third-order valence-corrected chi connectivity index (χ3v) is 9.41. The van der Waals surface area contributed by atoms with Crippen LogP contribution in [-0.2, 0) is 13.4 Å². The minimum Gasteiger partial charge on any atom is -0.394 e. The Morgan fingerprint density at radius 1 is 1.05 bits per heavy atom. The highest BCUT2D eigenvalue weighted by atomic mass is 31.2. The highest BCUT2D eigenvalue weighted by Crippen LogP contribution is 2.52. The van der Waals surface area contributed by atoms with Crippen LogP contribution < -0.4 is 0 Å². The monoisotopic (exact) mass is 312 g/mol. The van der Waals surface area contributed by atoms with Gasteiger partial charge in [-0.1, -0.05) is 13.8 Å². The van der Waals surface area contributed by atoms with Crippen molar-refractivity contribution in [3.63, 3.8) is 0 Å². The van der Waals surface area contributed by atoms with Gasteiger partial charge in [0.2, 0.25) is 0 Å². The molecule has 0 unspecified atom stereocenters. The van der Waals surface area contributed by atoms with Gasteiger partial charge < -0.3 is 18.6 Å². The van der Waals surface area contributed by atoms with Crippen LogP contribution in [0.1, 0.15) is 47.0 Å². The Kier molecular flexibility index (Phi) is 8.03. The van der Waals surface area contributed by atoms with Crippen molar-refractivity contribution in [3.8, 4) is 0 Å². The van der Waals surface area contributed by atoms with E-state index in [4.69, 9.17) is 18.6 Å². The second-order valence-corrected chi connectivity index (χ2v) is 10.2. The van der Waals surface area contributed by atoms with E-state index in [2.05, 4.69) is 0 Å². The topological polar surface area (TPSA) is 76.0 Å². The quantitative estimate of drug-likeness (QED) is 0.478. The second-order valence-electron chi connectivity index (χ2n) is 4.94. The summed E-state index contributed by atoms with van der Waals surface area (Å²) in [5, 5.41) is -0.250. The first-order chi connectivity index (χ1) is 8.70. The van der Waals surface area contributed by atoms with Crippen molar-refractivity contribution in [1.29, 1.82) is 0 Å². The maximum absolute atomic E-state index is 11.2. The van der Waals surface area contributed by atoms with Gasteiger partial charge in [0.1, 0.15) is 0 Å². The van der Waals surface area contributed by atoms with Gasteiger partial charge in [0.05, 0.1) is 6.16 Å². The van der Waals surface area contributed by atoms with Gasteiger partial charge in [0.25, 0.3) is 0 Å². The van der Waals surface area contributed by atoms with Crippen molar-refractivity contribution in [2.75, 3.05) is 19.4 Å². The molecule has 0 fully saturated rings. The molecule has 0 saturated carbocycles. The summed E-state index contributed by atoms with van der Waals surface area (Å²) < 4.78 is 23.1. The predicted octanol–water partition coefficient (Wildman–Crippen LogP) is 3.26. The van der Waals surface area contributed by atoms with E-state index in [1.807, 2.05) is 34.2 Å². The molecule has 116 valence electrons. The first-order valence-corrected chi connectivity index (χ1v) is 11.1. The molecule has 0 rings (SSSR count). The van der Waals surface area contributed by atoms with E-state index >= 15 is 0 Å². The third-order valence-electron chi connectivity index (χ3n) is 4.04. The Balaban J connectivity index is 5.25. The normalized spacial score (nSPS) is 13.8. The predicted molar refractivity (Wildman–Crippen MR) is 79.7 cm³/mol. The van der Waals surface area contributed by atoms with Gasteiger partial charge in [-0.3, -0.25) is 4.57 Å². The van der Waals surface area contributed by atoms with Gasteiger partial charge in [-0.15, -0.1) is 0 Å². The smallest absolute Gasteiger partial charge is 0.341 e. The molecule has 0 bridgehead atoms. The summed E-state index contributed by atoms with van der Waals surface area (Å²) in [4.78, 5) is 18.3. The van der Waals surface area contributed by atoms with E-state index < -0.39 is 16.2 Å². The van der Waals surface area contributed by atoms with Gasteiger partial charge in [0, 0.05) is 18.3 Å². The summed E-state index contributed by atoms with van der Waals surface area (Å²) in [7, 11) is -6.46. The molecule has 0 aromatic rings. The molecule has 2 N–H and O–H groups in total. The fraction of sp³-hybridized carbons (Fsp3) is 1.00. The van der Waals surface area contributed by atoms with Gasteiger partial charge in [-0.05, 0) is 39.7 Å². The SMILES string of the molecule is CCO[Si](C)(OCC)C(CC)(CC)CCP(=O)(O)O. The Hall–Kier alpha value is 0.287. The lowest BCUT2D eigenvalue weighted by Gasteiger charge is -2.44. The molecule has 0 spiro atoms. The maximum Gasteiger partial charge on any atom is 0.341 e. The van der Waals surface area contributed by atoms with Crippen molar-refractivity contribution in [3.05, 3.63) is 0 Å². The van der Waals surface area contributed by atoms with Crippen molar-refractivity contribution in [1.82, 2.24) is 0 Å². The van der Waals surface area contributed by atoms with E-state index in [0.29, 0.717) is 19.6 Å². The lowest BCUT2D eigenvalue weighted by atomic mass is 9.99. The zero-order valence-electron chi connectivity index (χ0n) is 12.8. The molecule has 0 radical (unpaired) electrons. The highest BCUT2D eigenvalue weighted by Gasteiger charge is 2.52. The van der Waals surface area contributed by atoms with E-state index in [9.17, 15) is 4.57 Å². The molecule has 0 aliphatic rings. The van der Waals surface area contributed by atoms with Crippen molar-refractivity contribution in [2.45, 2.75) is 58.5 Å². The molecule has 0 saturated heterocycles. The Bertz CT molecular complexity index is 294. The molecule has 7 heteroatoms. The summed E-state index contributed by atoms with van der Waals surface area (Å²) in [6.45, 7) is 11.1. The summed E-state index contributed by atoms with van der Waals surface area (Å²) in [5.41, 5.74) is 0. The maximum atomic E-state index is 11.2. The summed E-state index contributed by atoms with van der Waals surface area (Å²) in [6.07, 6.45) is 1.98. The highest BCUT2D eigenvalue weighted by molar-refractivity contribution is 7.51. The van der Waals surface area contributed by atoms with Gasteiger partial charge in [0.15, 0.2) is 0 Å². The molecule has 0 aromatic heterocycles. The largest absolute Gasteiger partial charge is 0.394 e. The molecule has 5 nitrogen and oxygen atoms in total. The molecule has 0 aliphatic carbocycles. The molecule has 0 aliphatic heterocycles. The van der Waals surface area contributed by atoms with Crippen LogP contribution in [0, 0.1) is 0 Å². The molecule has 19 heavy (non-hydrogen) atoms. The average molecular weight is 312 g/mol. The van der Waals surface area contributed by atoms with Crippen molar-refractivity contribution >= 4 is 16.2 Å². The molecule has 0 aromatic carbocycles. The van der Waals surface area contributed by atoms with Crippen LogP contribution in [0.3, 0.4) is 0 Å². The summed E-state index contributed by atoms with van der Waals surface area (Å²) in [6, 6.07) is 0. The van der Waals surface area contributed by atoms with Crippen molar-refractivity contribution in [2.24, 2.45) is 0 Å². The van der Waals surface area contributed by atoms with Crippen LogP contribution in [0.4, 0.5) is 0 Å².